The summed E-state index contributed by atoms with van der Waals surface area (Å²) in [5.41, 5.74) is 0.748. The summed E-state index contributed by atoms with van der Waals surface area (Å²) in [6.07, 6.45) is 3.49. The van der Waals surface area contributed by atoms with Gasteiger partial charge in [0.15, 0.2) is 0 Å². The van der Waals surface area contributed by atoms with E-state index in [1.165, 1.54) is 6.42 Å². The van der Waals surface area contributed by atoms with Gasteiger partial charge in [-0.15, -0.1) is 0 Å². The summed E-state index contributed by atoms with van der Waals surface area (Å²) >= 11 is 6.92. The SMILES string of the molecule is CCC1CCC(C)N(C(=O)c2cc(Br)ccc2Br)C1. The standard InChI is InChI=1S/C15H19Br2NO/c1-3-11-5-4-10(2)18(9-11)15(19)13-8-12(16)6-7-14(13)17/h6-8,10-11H,3-5,9H2,1-2H3. The third-order valence-electron chi connectivity index (χ3n) is 3.98. The highest BCUT2D eigenvalue weighted by molar-refractivity contribution is 9.11. The zero-order chi connectivity index (χ0) is 14.0. The second kappa shape index (κ2) is 6.40. The molecule has 19 heavy (non-hydrogen) atoms. The van der Waals surface area contributed by atoms with Crippen molar-refractivity contribution < 1.29 is 4.79 Å². The molecule has 1 aliphatic rings. The number of nitrogens with zero attached hydrogens (tertiary/aromatic N) is 1. The predicted octanol–water partition coefficient (Wildman–Crippen LogP) is 4.86. The molecule has 1 heterocycles. The molecule has 1 amide bonds. The molecule has 0 bridgehead atoms. The fraction of sp³-hybridized carbons (Fsp3) is 0.533. The van der Waals surface area contributed by atoms with Crippen molar-refractivity contribution in [2.75, 3.05) is 6.54 Å². The monoisotopic (exact) mass is 387 g/mol. The van der Waals surface area contributed by atoms with Crippen LogP contribution in [-0.2, 0) is 0 Å². The minimum absolute atomic E-state index is 0.138. The maximum atomic E-state index is 12.7. The van der Waals surface area contributed by atoms with Gasteiger partial charge >= 0.3 is 0 Å². The van der Waals surface area contributed by atoms with Crippen LogP contribution in [0.4, 0.5) is 0 Å². The smallest absolute Gasteiger partial charge is 0.255 e. The number of rotatable bonds is 2. The quantitative estimate of drug-likeness (QED) is 0.708. The van der Waals surface area contributed by atoms with E-state index in [9.17, 15) is 4.79 Å². The van der Waals surface area contributed by atoms with Crippen molar-refractivity contribution in [3.8, 4) is 0 Å². The first-order valence-electron chi connectivity index (χ1n) is 6.79. The van der Waals surface area contributed by atoms with Crippen LogP contribution in [0, 0.1) is 5.92 Å². The molecule has 1 aromatic carbocycles. The van der Waals surface area contributed by atoms with Gasteiger partial charge in [-0.05, 0) is 59.8 Å². The maximum Gasteiger partial charge on any atom is 0.255 e. The van der Waals surface area contributed by atoms with Crippen LogP contribution in [0.2, 0.25) is 0 Å². The molecule has 2 rings (SSSR count). The Bertz CT molecular complexity index is 475. The number of likely N-dealkylation sites (tertiary alicyclic amines) is 1. The van der Waals surface area contributed by atoms with Crippen molar-refractivity contribution in [2.24, 2.45) is 5.92 Å². The second-order valence-corrected chi connectivity index (χ2v) is 7.05. The Balaban J connectivity index is 2.24. The molecule has 1 saturated heterocycles. The molecule has 0 radical (unpaired) electrons. The number of amides is 1. The number of piperidine rings is 1. The molecule has 0 aromatic heterocycles. The lowest BCUT2D eigenvalue weighted by molar-refractivity contribution is 0.0555. The number of benzene rings is 1. The Kier molecular flexibility index (Phi) is 5.07. The molecule has 0 aliphatic carbocycles. The third kappa shape index (κ3) is 3.40. The van der Waals surface area contributed by atoms with Crippen molar-refractivity contribution in [3.05, 3.63) is 32.7 Å². The fourth-order valence-corrected chi connectivity index (χ4v) is 3.39. The number of hydrogen-bond acceptors (Lipinski definition) is 1. The molecule has 2 unspecified atom stereocenters. The van der Waals surface area contributed by atoms with Crippen LogP contribution in [0.1, 0.15) is 43.5 Å². The summed E-state index contributed by atoms with van der Waals surface area (Å²) < 4.78 is 1.81. The van der Waals surface area contributed by atoms with Gasteiger partial charge in [0.2, 0.25) is 0 Å². The lowest BCUT2D eigenvalue weighted by Gasteiger charge is -2.38. The van der Waals surface area contributed by atoms with Crippen LogP contribution in [0.3, 0.4) is 0 Å². The number of carbonyl (C=O) groups excluding carboxylic acids is 1. The van der Waals surface area contributed by atoms with Gasteiger partial charge in [-0.2, -0.15) is 0 Å². The van der Waals surface area contributed by atoms with Crippen molar-refractivity contribution in [2.45, 2.75) is 39.2 Å². The summed E-state index contributed by atoms with van der Waals surface area (Å²) in [7, 11) is 0. The Hall–Kier alpha value is -0.350. The van der Waals surface area contributed by atoms with Crippen molar-refractivity contribution in [3.63, 3.8) is 0 Å². The van der Waals surface area contributed by atoms with Crippen LogP contribution in [0.15, 0.2) is 27.1 Å². The molecule has 1 aliphatic heterocycles. The van der Waals surface area contributed by atoms with Gasteiger partial charge in [0.05, 0.1) is 5.56 Å². The molecule has 2 nitrogen and oxygen atoms in total. The van der Waals surface area contributed by atoms with Crippen molar-refractivity contribution in [1.82, 2.24) is 4.90 Å². The zero-order valence-corrected chi connectivity index (χ0v) is 14.5. The van der Waals surface area contributed by atoms with Gasteiger partial charge in [-0.3, -0.25) is 4.79 Å². The van der Waals surface area contributed by atoms with E-state index in [4.69, 9.17) is 0 Å². The largest absolute Gasteiger partial charge is 0.336 e. The van der Waals surface area contributed by atoms with E-state index in [2.05, 4.69) is 45.7 Å². The third-order valence-corrected chi connectivity index (χ3v) is 5.16. The summed E-state index contributed by atoms with van der Waals surface area (Å²) in [4.78, 5) is 14.8. The van der Waals surface area contributed by atoms with Gasteiger partial charge in [0.25, 0.3) is 5.91 Å². The topological polar surface area (TPSA) is 20.3 Å². The summed E-state index contributed by atoms with van der Waals surface area (Å²) in [5.74, 6) is 0.782. The lowest BCUT2D eigenvalue weighted by Crippen LogP contribution is -2.45. The first-order valence-corrected chi connectivity index (χ1v) is 8.37. The van der Waals surface area contributed by atoms with E-state index in [-0.39, 0.29) is 5.91 Å². The summed E-state index contributed by atoms with van der Waals surface area (Å²) in [6, 6.07) is 6.09. The Labute approximate surface area is 131 Å². The molecule has 2 atom stereocenters. The summed E-state index contributed by atoms with van der Waals surface area (Å²) in [6.45, 7) is 5.24. The highest BCUT2D eigenvalue weighted by Crippen LogP contribution is 2.28. The molecule has 0 spiro atoms. The van der Waals surface area contributed by atoms with E-state index >= 15 is 0 Å². The van der Waals surface area contributed by atoms with E-state index in [1.807, 2.05) is 23.1 Å². The van der Waals surface area contributed by atoms with Crippen LogP contribution >= 0.6 is 31.9 Å². The van der Waals surface area contributed by atoms with E-state index in [1.54, 1.807) is 0 Å². The number of carbonyl (C=O) groups is 1. The van der Waals surface area contributed by atoms with Crippen LogP contribution < -0.4 is 0 Å². The van der Waals surface area contributed by atoms with Gasteiger partial charge in [0, 0.05) is 21.5 Å². The normalized spacial score (nSPS) is 23.5. The highest BCUT2D eigenvalue weighted by atomic mass is 79.9. The van der Waals surface area contributed by atoms with E-state index in [0.717, 1.165) is 33.9 Å². The minimum atomic E-state index is 0.138. The van der Waals surface area contributed by atoms with Crippen LogP contribution in [0.25, 0.3) is 0 Å². The van der Waals surface area contributed by atoms with Crippen molar-refractivity contribution >= 4 is 37.8 Å². The molecule has 0 N–H and O–H groups in total. The van der Waals surface area contributed by atoms with Gasteiger partial charge in [-0.1, -0.05) is 29.3 Å². The molecular formula is C15H19Br2NO. The fourth-order valence-electron chi connectivity index (χ4n) is 2.61. The maximum absolute atomic E-state index is 12.7. The molecule has 1 fully saturated rings. The average molecular weight is 389 g/mol. The zero-order valence-electron chi connectivity index (χ0n) is 11.3. The van der Waals surface area contributed by atoms with Gasteiger partial charge < -0.3 is 4.90 Å². The number of halogens is 2. The highest BCUT2D eigenvalue weighted by Gasteiger charge is 2.29. The van der Waals surface area contributed by atoms with Gasteiger partial charge in [-0.25, -0.2) is 0 Å². The molecule has 4 heteroatoms. The summed E-state index contributed by atoms with van der Waals surface area (Å²) in [5, 5.41) is 0. The minimum Gasteiger partial charge on any atom is -0.336 e. The van der Waals surface area contributed by atoms with Gasteiger partial charge in [0.1, 0.15) is 0 Å². The lowest BCUT2D eigenvalue weighted by atomic mass is 9.91. The first kappa shape index (κ1) is 15.0. The Morgan fingerprint density at radius 1 is 1.37 bits per heavy atom. The first-order chi connectivity index (χ1) is 9.02. The Morgan fingerprint density at radius 2 is 2.11 bits per heavy atom. The molecule has 1 aromatic rings. The second-order valence-electron chi connectivity index (χ2n) is 5.28. The molecule has 104 valence electrons. The van der Waals surface area contributed by atoms with Crippen LogP contribution in [0.5, 0.6) is 0 Å². The Morgan fingerprint density at radius 3 is 2.79 bits per heavy atom. The van der Waals surface area contributed by atoms with E-state index in [0.29, 0.717) is 12.0 Å². The van der Waals surface area contributed by atoms with Crippen molar-refractivity contribution in [1.29, 1.82) is 0 Å². The number of hydrogen-bond donors (Lipinski definition) is 0. The molecular weight excluding hydrogens is 370 g/mol. The van der Waals surface area contributed by atoms with E-state index < -0.39 is 0 Å². The van der Waals surface area contributed by atoms with Crippen LogP contribution in [-0.4, -0.2) is 23.4 Å². The molecule has 0 saturated carbocycles. The predicted molar refractivity (Wildman–Crippen MR) is 85.4 cm³/mol. The average Bonchev–Trinajstić information content (AvgIpc) is 2.41.